The van der Waals surface area contributed by atoms with Gasteiger partial charge < -0.3 is 19.2 Å². The number of methoxy groups -OCH3 is 1. The normalized spacial score (nSPS) is 10.6. The van der Waals surface area contributed by atoms with Crippen LogP contribution in [-0.2, 0) is 0 Å². The molecule has 162 valence electrons. The zero-order chi connectivity index (χ0) is 22.5. The fourth-order valence-electron chi connectivity index (χ4n) is 3.13. The van der Waals surface area contributed by atoms with Crippen LogP contribution in [0.15, 0.2) is 71.1 Å². The van der Waals surface area contributed by atoms with Gasteiger partial charge in [-0.15, -0.1) is 0 Å². The van der Waals surface area contributed by atoms with Gasteiger partial charge >= 0.3 is 0 Å². The van der Waals surface area contributed by atoms with Crippen LogP contribution in [0.1, 0.15) is 17.3 Å². The quantitative estimate of drug-likeness (QED) is 0.401. The van der Waals surface area contributed by atoms with Crippen molar-refractivity contribution in [3.05, 3.63) is 72.3 Å². The van der Waals surface area contributed by atoms with Gasteiger partial charge in [-0.1, -0.05) is 12.1 Å². The van der Waals surface area contributed by atoms with Gasteiger partial charge in [-0.05, 0) is 73.7 Å². The summed E-state index contributed by atoms with van der Waals surface area (Å²) in [5.41, 5.74) is 3.25. The van der Waals surface area contributed by atoms with Gasteiger partial charge in [-0.3, -0.25) is 10.1 Å². The number of hydrogen-bond donors (Lipinski definition) is 2. The van der Waals surface area contributed by atoms with Crippen molar-refractivity contribution in [1.29, 1.82) is 0 Å². The van der Waals surface area contributed by atoms with Gasteiger partial charge in [0.2, 0.25) is 5.89 Å². The molecule has 0 radical (unpaired) electrons. The number of fused-ring (bicyclic) bond motifs is 1. The molecule has 0 spiro atoms. The van der Waals surface area contributed by atoms with E-state index in [-0.39, 0.29) is 11.0 Å². The van der Waals surface area contributed by atoms with E-state index in [1.165, 1.54) is 0 Å². The molecular weight excluding hydrogens is 426 g/mol. The smallest absolute Gasteiger partial charge is 0.257 e. The Hall–Kier alpha value is -3.91. The molecule has 2 N–H and O–H groups in total. The van der Waals surface area contributed by atoms with Gasteiger partial charge in [0.1, 0.15) is 17.0 Å². The lowest BCUT2D eigenvalue weighted by Gasteiger charge is -2.14. The van der Waals surface area contributed by atoms with Crippen molar-refractivity contribution < 1.29 is 18.7 Å². The summed E-state index contributed by atoms with van der Waals surface area (Å²) < 4.78 is 16.7. The summed E-state index contributed by atoms with van der Waals surface area (Å²) in [4.78, 5) is 17.0. The first-order valence-electron chi connectivity index (χ1n) is 9.96. The lowest BCUT2D eigenvalue weighted by molar-refractivity contribution is 0.0977. The molecule has 1 amide bonds. The van der Waals surface area contributed by atoms with Crippen molar-refractivity contribution in [3.8, 4) is 23.0 Å². The number of rotatable bonds is 6. The second-order valence-corrected chi connectivity index (χ2v) is 7.18. The zero-order valence-corrected chi connectivity index (χ0v) is 18.4. The summed E-state index contributed by atoms with van der Waals surface area (Å²) in [6.07, 6.45) is 0. The molecule has 0 aliphatic rings. The van der Waals surface area contributed by atoms with E-state index in [2.05, 4.69) is 15.6 Å². The molecule has 0 bridgehead atoms. The Morgan fingerprint density at radius 1 is 1.09 bits per heavy atom. The molecule has 0 aliphatic carbocycles. The SMILES string of the molecule is CCOc1ccc(C(=O)NC(=S)Nc2cc(-c3nc4ccccc4o3)ccc2OC)cc1. The van der Waals surface area contributed by atoms with Crippen LogP contribution < -0.4 is 20.1 Å². The van der Waals surface area contributed by atoms with Gasteiger partial charge in [0.05, 0.1) is 19.4 Å². The molecule has 0 unspecified atom stereocenters. The average Bonchev–Trinajstić information content (AvgIpc) is 3.24. The first-order chi connectivity index (χ1) is 15.6. The van der Waals surface area contributed by atoms with Gasteiger partial charge in [-0.25, -0.2) is 4.98 Å². The number of nitrogens with one attached hydrogen (secondary N) is 2. The predicted octanol–water partition coefficient (Wildman–Crippen LogP) is 5.03. The highest BCUT2D eigenvalue weighted by atomic mass is 32.1. The largest absolute Gasteiger partial charge is 0.495 e. The van der Waals surface area contributed by atoms with Crippen LogP contribution in [0.25, 0.3) is 22.6 Å². The lowest BCUT2D eigenvalue weighted by Crippen LogP contribution is -2.34. The average molecular weight is 448 g/mol. The molecule has 0 atom stereocenters. The van der Waals surface area contributed by atoms with Crippen molar-refractivity contribution in [2.75, 3.05) is 19.0 Å². The van der Waals surface area contributed by atoms with E-state index in [1.54, 1.807) is 43.5 Å². The molecule has 0 aliphatic heterocycles. The van der Waals surface area contributed by atoms with E-state index < -0.39 is 0 Å². The van der Waals surface area contributed by atoms with E-state index in [0.717, 1.165) is 11.1 Å². The molecule has 4 aromatic rings. The molecule has 0 saturated heterocycles. The Morgan fingerprint density at radius 3 is 2.59 bits per heavy atom. The number of aromatic nitrogens is 1. The second kappa shape index (κ2) is 9.49. The molecule has 1 aromatic heterocycles. The number of ether oxygens (including phenoxy) is 2. The van der Waals surface area contributed by atoms with Gasteiger partial charge in [0, 0.05) is 11.1 Å². The molecule has 32 heavy (non-hydrogen) atoms. The highest BCUT2D eigenvalue weighted by molar-refractivity contribution is 7.80. The highest BCUT2D eigenvalue weighted by Crippen LogP contribution is 2.31. The molecule has 8 heteroatoms. The van der Waals surface area contributed by atoms with Crippen LogP contribution in [0.5, 0.6) is 11.5 Å². The molecule has 4 rings (SSSR count). The summed E-state index contributed by atoms with van der Waals surface area (Å²) in [6, 6.07) is 19.8. The number of para-hydroxylation sites is 2. The minimum absolute atomic E-state index is 0.136. The first kappa shape index (κ1) is 21.3. The highest BCUT2D eigenvalue weighted by Gasteiger charge is 2.14. The number of carbonyl (C=O) groups excluding carboxylic acids is 1. The topological polar surface area (TPSA) is 85.6 Å². The maximum Gasteiger partial charge on any atom is 0.257 e. The van der Waals surface area contributed by atoms with Crippen molar-refractivity contribution in [3.63, 3.8) is 0 Å². The summed E-state index contributed by atoms with van der Waals surface area (Å²) in [7, 11) is 1.56. The van der Waals surface area contributed by atoms with Crippen LogP contribution in [0.3, 0.4) is 0 Å². The van der Waals surface area contributed by atoms with E-state index in [1.807, 2.05) is 37.3 Å². The van der Waals surface area contributed by atoms with Crippen LogP contribution in [0.4, 0.5) is 5.69 Å². The Balaban J connectivity index is 1.50. The Bertz CT molecular complexity index is 1230. The molecule has 1 heterocycles. The minimum atomic E-state index is -0.334. The van der Waals surface area contributed by atoms with E-state index >= 15 is 0 Å². The van der Waals surface area contributed by atoms with Crippen LogP contribution >= 0.6 is 12.2 Å². The third kappa shape index (κ3) is 4.70. The Kier molecular flexibility index (Phi) is 6.32. The Labute approximate surface area is 190 Å². The van der Waals surface area contributed by atoms with Crippen LogP contribution in [0.2, 0.25) is 0 Å². The number of hydrogen-bond acceptors (Lipinski definition) is 6. The second-order valence-electron chi connectivity index (χ2n) is 6.77. The van der Waals surface area contributed by atoms with Crippen molar-refractivity contribution in [1.82, 2.24) is 10.3 Å². The molecule has 3 aromatic carbocycles. The number of oxazole rings is 1. The third-order valence-electron chi connectivity index (χ3n) is 4.64. The van der Waals surface area contributed by atoms with Crippen LogP contribution in [-0.4, -0.2) is 29.7 Å². The summed E-state index contributed by atoms with van der Waals surface area (Å²) in [5.74, 6) is 1.40. The maximum absolute atomic E-state index is 12.5. The standard InChI is InChI=1S/C24H21N3O4S/c1-3-30-17-11-8-15(9-12-17)22(28)27-24(32)26-19-14-16(10-13-20(19)29-2)23-25-18-6-4-5-7-21(18)31-23/h4-14H,3H2,1-2H3,(H2,26,27,28,32). The molecular formula is C24H21N3O4S. The van der Waals surface area contributed by atoms with E-state index in [0.29, 0.717) is 40.8 Å². The number of carbonyl (C=O) groups is 1. The fourth-order valence-corrected chi connectivity index (χ4v) is 3.34. The van der Waals surface area contributed by atoms with Crippen molar-refractivity contribution in [2.24, 2.45) is 0 Å². The number of amides is 1. The van der Waals surface area contributed by atoms with Crippen molar-refractivity contribution in [2.45, 2.75) is 6.92 Å². The van der Waals surface area contributed by atoms with E-state index in [4.69, 9.17) is 26.1 Å². The van der Waals surface area contributed by atoms with Gasteiger partial charge in [0.25, 0.3) is 5.91 Å². The minimum Gasteiger partial charge on any atom is -0.495 e. The maximum atomic E-state index is 12.5. The van der Waals surface area contributed by atoms with E-state index in [9.17, 15) is 4.79 Å². The van der Waals surface area contributed by atoms with Crippen molar-refractivity contribution >= 4 is 40.0 Å². The molecule has 0 fully saturated rings. The monoisotopic (exact) mass is 447 g/mol. The number of anilines is 1. The molecule has 0 saturated carbocycles. The number of benzene rings is 3. The predicted molar refractivity (Wildman–Crippen MR) is 127 cm³/mol. The van der Waals surface area contributed by atoms with Crippen LogP contribution in [0, 0.1) is 0 Å². The summed E-state index contributed by atoms with van der Waals surface area (Å²) in [6.45, 7) is 2.46. The summed E-state index contributed by atoms with van der Waals surface area (Å²) >= 11 is 5.34. The first-order valence-corrected chi connectivity index (χ1v) is 10.4. The number of thiocarbonyl (C=S) groups is 1. The number of nitrogens with zero attached hydrogens (tertiary/aromatic N) is 1. The fraction of sp³-hybridized carbons (Fsp3) is 0.125. The van der Waals surface area contributed by atoms with Gasteiger partial charge in [-0.2, -0.15) is 0 Å². The third-order valence-corrected chi connectivity index (χ3v) is 4.85. The lowest BCUT2D eigenvalue weighted by atomic mass is 10.2. The summed E-state index contributed by atoms with van der Waals surface area (Å²) in [5, 5.41) is 5.83. The molecule has 7 nitrogen and oxygen atoms in total. The zero-order valence-electron chi connectivity index (χ0n) is 17.5. The Morgan fingerprint density at radius 2 is 1.88 bits per heavy atom. The van der Waals surface area contributed by atoms with Gasteiger partial charge in [0.15, 0.2) is 10.7 Å².